The van der Waals surface area contributed by atoms with Gasteiger partial charge in [0, 0.05) is 14.9 Å². The van der Waals surface area contributed by atoms with Crippen LogP contribution >= 0.6 is 38.9 Å². The van der Waals surface area contributed by atoms with E-state index in [1.54, 1.807) is 11.3 Å². The van der Waals surface area contributed by atoms with E-state index in [9.17, 15) is 0 Å². The lowest BCUT2D eigenvalue weighted by molar-refractivity contribution is 0.748. The number of nitrogens with two attached hydrogens (primary N) is 1. The van der Waals surface area contributed by atoms with Crippen molar-refractivity contribution in [3.05, 3.63) is 44.2 Å². The zero-order valence-corrected chi connectivity index (χ0v) is 15.5. The number of hydrogen-bond acceptors (Lipinski definition) is 2. The maximum absolute atomic E-state index is 6.26. The highest BCUT2D eigenvalue weighted by atomic mass is 79.9. The lowest BCUT2D eigenvalue weighted by Crippen LogP contribution is -1.99. The number of benzene rings is 1. The Bertz CT molecular complexity index is 806. The fourth-order valence-electron chi connectivity index (χ4n) is 2.75. The van der Waals surface area contributed by atoms with Gasteiger partial charge in [0.1, 0.15) is 0 Å². The molecule has 2 aromatic heterocycles. The maximum Gasteiger partial charge on any atom is 0.0607 e. The van der Waals surface area contributed by atoms with Gasteiger partial charge in [-0.1, -0.05) is 11.6 Å². The molecule has 0 radical (unpaired) electrons. The maximum atomic E-state index is 6.26. The quantitative estimate of drug-likeness (QED) is 0.517. The summed E-state index contributed by atoms with van der Waals surface area (Å²) >= 11 is 11.7. The molecule has 1 aromatic carbocycles. The average Bonchev–Trinajstić information content (AvgIpc) is 3.04. The van der Waals surface area contributed by atoms with Crippen LogP contribution in [-0.2, 0) is 6.42 Å². The molecule has 0 saturated heterocycles. The molecule has 5 heteroatoms. The standard InChI is InChI=1S/C17H18BrClN2S/c1-10-6-15(22-9-10)17-12(4-2-3-5-20)13-7-11(19)8-14(18)16(13)21-17/h6-9,21H,2-5,20H2,1H3. The Hall–Kier alpha value is -0.810. The molecule has 3 rings (SSSR count). The van der Waals surface area contributed by atoms with Crippen molar-refractivity contribution in [1.82, 2.24) is 4.98 Å². The third-order valence-electron chi connectivity index (χ3n) is 3.79. The van der Waals surface area contributed by atoms with E-state index in [0.717, 1.165) is 40.8 Å². The largest absolute Gasteiger partial charge is 0.353 e. The Morgan fingerprint density at radius 1 is 1.27 bits per heavy atom. The van der Waals surface area contributed by atoms with Gasteiger partial charge in [-0.25, -0.2) is 0 Å². The summed E-state index contributed by atoms with van der Waals surface area (Å²) in [6.07, 6.45) is 3.14. The van der Waals surface area contributed by atoms with Crippen molar-refractivity contribution < 1.29 is 0 Å². The van der Waals surface area contributed by atoms with E-state index in [1.165, 1.54) is 27.1 Å². The molecular weight excluding hydrogens is 380 g/mol. The van der Waals surface area contributed by atoms with E-state index in [-0.39, 0.29) is 0 Å². The molecule has 2 nitrogen and oxygen atoms in total. The molecule has 0 amide bonds. The minimum Gasteiger partial charge on any atom is -0.353 e. The summed E-state index contributed by atoms with van der Waals surface area (Å²) in [7, 11) is 0. The van der Waals surface area contributed by atoms with Crippen LogP contribution in [0.1, 0.15) is 24.0 Å². The van der Waals surface area contributed by atoms with Gasteiger partial charge in [0.25, 0.3) is 0 Å². The average molecular weight is 398 g/mol. The van der Waals surface area contributed by atoms with Crippen LogP contribution in [0.4, 0.5) is 0 Å². The van der Waals surface area contributed by atoms with Crippen molar-refractivity contribution in [3.63, 3.8) is 0 Å². The summed E-state index contributed by atoms with van der Waals surface area (Å²) in [5.41, 5.74) is 10.6. The van der Waals surface area contributed by atoms with Crippen molar-refractivity contribution >= 4 is 49.8 Å². The summed E-state index contributed by atoms with van der Waals surface area (Å²) in [5, 5.41) is 4.15. The van der Waals surface area contributed by atoms with Crippen LogP contribution < -0.4 is 5.73 Å². The first-order valence-electron chi connectivity index (χ1n) is 7.35. The molecule has 0 bridgehead atoms. The second-order valence-electron chi connectivity index (χ2n) is 5.52. The Morgan fingerprint density at radius 3 is 2.77 bits per heavy atom. The predicted octanol–water partition coefficient (Wildman–Crippen LogP) is 5.90. The molecule has 0 saturated carbocycles. The Morgan fingerprint density at radius 2 is 2.09 bits per heavy atom. The highest BCUT2D eigenvalue weighted by molar-refractivity contribution is 9.10. The first-order valence-corrected chi connectivity index (χ1v) is 9.40. The number of hydrogen-bond donors (Lipinski definition) is 2. The van der Waals surface area contributed by atoms with Crippen molar-refractivity contribution in [2.24, 2.45) is 5.73 Å². The highest BCUT2D eigenvalue weighted by Gasteiger charge is 2.16. The molecule has 3 N–H and O–H groups in total. The van der Waals surface area contributed by atoms with E-state index in [0.29, 0.717) is 0 Å². The van der Waals surface area contributed by atoms with E-state index < -0.39 is 0 Å². The van der Waals surface area contributed by atoms with Crippen LogP contribution in [0.2, 0.25) is 5.02 Å². The molecule has 0 aliphatic carbocycles. The van der Waals surface area contributed by atoms with Crippen LogP contribution in [0.3, 0.4) is 0 Å². The number of rotatable bonds is 5. The first-order chi connectivity index (χ1) is 10.6. The molecule has 116 valence electrons. The van der Waals surface area contributed by atoms with Crippen LogP contribution in [0.25, 0.3) is 21.5 Å². The number of nitrogens with one attached hydrogen (secondary N) is 1. The summed E-state index contributed by atoms with van der Waals surface area (Å²) in [4.78, 5) is 4.87. The van der Waals surface area contributed by atoms with E-state index in [1.807, 2.05) is 6.07 Å². The number of unbranched alkanes of at least 4 members (excludes halogenated alkanes) is 1. The predicted molar refractivity (Wildman–Crippen MR) is 101 cm³/mol. The van der Waals surface area contributed by atoms with Crippen molar-refractivity contribution in [2.75, 3.05) is 6.54 Å². The summed E-state index contributed by atoms with van der Waals surface area (Å²) in [6.45, 7) is 2.86. The van der Waals surface area contributed by atoms with Gasteiger partial charge in [-0.05, 0) is 83.4 Å². The molecule has 0 fully saturated rings. The monoisotopic (exact) mass is 396 g/mol. The van der Waals surface area contributed by atoms with Crippen molar-refractivity contribution in [3.8, 4) is 10.6 Å². The van der Waals surface area contributed by atoms with Crippen LogP contribution in [-0.4, -0.2) is 11.5 Å². The first kappa shape index (κ1) is 16.1. The van der Waals surface area contributed by atoms with Crippen LogP contribution in [0.15, 0.2) is 28.1 Å². The van der Waals surface area contributed by atoms with E-state index >= 15 is 0 Å². The number of aromatic nitrogens is 1. The molecule has 0 unspecified atom stereocenters. The third-order valence-corrected chi connectivity index (χ3v) is 5.70. The van der Waals surface area contributed by atoms with Gasteiger partial charge in [-0.2, -0.15) is 0 Å². The molecule has 0 aliphatic heterocycles. The number of aryl methyl sites for hydroxylation is 2. The van der Waals surface area contributed by atoms with Gasteiger partial charge in [0.2, 0.25) is 0 Å². The fraction of sp³-hybridized carbons (Fsp3) is 0.294. The molecule has 3 aromatic rings. The van der Waals surface area contributed by atoms with Crippen LogP contribution in [0, 0.1) is 6.92 Å². The van der Waals surface area contributed by atoms with Crippen molar-refractivity contribution in [1.29, 1.82) is 0 Å². The topological polar surface area (TPSA) is 41.8 Å². The zero-order valence-electron chi connectivity index (χ0n) is 12.4. The minimum atomic E-state index is 0.736. The second kappa shape index (κ2) is 6.75. The molecule has 22 heavy (non-hydrogen) atoms. The summed E-state index contributed by atoms with van der Waals surface area (Å²) in [6, 6.07) is 6.23. The molecular formula is C17H18BrClN2S. The Balaban J connectivity index is 2.16. The SMILES string of the molecule is Cc1csc(-c2[nH]c3c(Br)cc(Cl)cc3c2CCCCN)c1. The van der Waals surface area contributed by atoms with Gasteiger partial charge < -0.3 is 10.7 Å². The van der Waals surface area contributed by atoms with Gasteiger partial charge in [-0.15, -0.1) is 11.3 Å². The number of fused-ring (bicyclic) bond motifs is 1. The van der Waals surface area contributed by atoms with Crippen LogP contribution in [0.5, 0.6) is 0 Å². The zero-order chi connectivity index (χ0) is 15.7. The van der Waals surface area contributed by atoms with Gasteiger partial charge >= 0.3 is 0 Å². The molecule has 2 heterocycles. The number of H-pyrrole nitrogens is 1. The summed E-state index contributed by atoms with van der Waals surface area (Å²) in [5.74, 6) is 0. The highest BCUT2D eigenvalue weighted by Crippen LogP contribution is 2.38. The summed E-state index contributed by atoms with van der Waals surface area (Å²) < 4.78 is 1.01. The molecule has 0 aliphatic rings. The second-order valence-corrected chi connectivity index (χ2v) is 7.72. The minimum absolute atomic E-state index is 0.736. The Kier molecular flexibility index (Phi) is 4.93. The van der Waals surface area contributed by atoms with Gasteiger partial charge in [-0.3, -0.25) is 0 Å². The van der Waals surface area contributed by atoms with Gasteiger partial charge in [0.15, 0.2) is 0 Å². The number of halogens is 2. The molecule has 0 spiro atoms. The van der Waals surface area contributed by atoms with E-state index in [2.05, 4.69) is 45.4 Å². The number of thiophene rings is 1. The normalized spacial score (nSPS) is 11.5. The Labute approximate surface area is 147 Å². The molecule has 0 atom stereocenters. The lowest BCUT2D eigenvalue weighted by atomic mass is 10.0. The number of aromatic amines is 1. The smallest absolute Gasteiger partial charge is 0.0607 e. The lowest BCUT2D eigenvalue weighted by Gasteiger charge is -2.03. The third kappa shape index (κ3) is 3.11. The van der Waals surface area contributed by atoms with Crippen molar-refractivity contribution in [2.45, 2.75) is 26.2 Å². The van der Waals surface area contributed by atoms with Gasteiger partial charge in [0.05, 0.1) is 16.1 Å². The van der Waals surface area contributed by atoms with E-state index in [4.69, 9.17) is 17.3 Å². The fourth-order valence-corrected chi connectivity index (χ4v) is 4.59.